The highest BCUT2D eigenvalue weighted by molar-refractivity contribution is 5.84. The van der Waals surface area contributed by atoms with Gasteiger partial charge in [0.05, 0.1) is 6.20 Å². The quantitative estimate of drug-likeness (QED) is 0.606. The second-order valence-corrected chi connectivity index (χ2v) is 3.14. The fourth-order valence-electron chi connectivity index (χ4n) is 1.48. The van der Waals surface area contributed by atoms with Crippen LogP contribution in [0.3, 0.4) is 0 Å². The van der Waals surface area contributed by atoms with Crippen molar-refractivity contribution in [2.24, 2.45) is 5.73 Å². The Kier molecular flexibility index (Phi) is 2.01. The number of aromatic hydroxyl groups is 1. The normalized spacial score (nSPS) is 10.9. The number of nitrogens with zero attached hydrogens (tertiary/aromatic N) is 2. The van der Waals surface area contributed by atoms with E-state index < -0.39 is 0 Å². The lowest BCUT2D eigenvalue weighted by atomic mass is 10.1. The first-order valence-corrected chi connectivity index (χ1v) is 4.31. The summed E-state index contributed by atoms with van der Waals surface area (Å²) < 4.78 is 0. The summed E-state index contributed by atoms with van der Waals surface area (Å²) in [7, 11) is 0. The molecule has 14 heavy (non-hydrogen) atoms. The Morgan fingerprint density at radius 3 is 2.93 bits per heavy atom. The molecule has 0 spiro atoms. The highest BCUT2D eigenvalue weighted by atomic mass is 16.5. The lowest BCUT2D eigenvalue weighted by Gasteiger charge is -1.99. The van der Waals surface area contributed by atoms with Crippen molar-refractivity contribution in [2.45, 2.75) is 6.42 Å². The van der Waals surface area contributed by atoms with Gasteiger partial charge < -0.3 is 16.0 Å². The first kappa shape index (κ1) is 8.83. The number of fused-ring (bicyclic) bond motifs is 1. The van der Waals surface area contributed by atoms with E-state index in [-0.39, 0.29) is 5.75 Å². The molecule has 0 atom stereocenters. The smallest absolute Gasteiger partial charge is 0.144 e. The SMILES string of the molecule is NCCc1cc(O)c2nn(O)cc2c1. The summed E-state index contributed by atoms with van der Waals surface area (Å²) in [5.74, 6) is 0.0683. The molecule has 0 aliphatic rings. The van der Waals surface area contributed by atoms with Gasteiger partial charge in [-0.1, -0.05) is 0 Å². The van der Waals surface area contributed by atoms with Crippen molar-refractivity contribution in [1.29, 1.82) is 0 Å². The number of hydrogen-bond donors (Lipinski definition) is 3. The molecule has 0 bridgehead atoms. The van der Waals surface area contributed by atoms with E-state index in [2.05, 4.69) is 5.10 Å². The number of rotatable bonds is 2. The Morgan fingerprint density at radius 1 is 1.43 bits per heavy atom. The average molecular weight is 193 g/mol. The molecule has 0 aliphatic heterocycles. The van der Waals surface area contributed by atoms with E-state index in [0.717, 1.165) is 5.56 Å². The van der Waals surface area contributed by atoms with Crippen LogP contribution in [0, 0.1) is 0 Å². The molecule has 2 aromatic rings. The fourth-order valence-corrected chi connectivity index (χ4v) is 1.48. The summed E-state index contributed by atoms with van der Waals surface area (Å²) in [5, 5.41) is 23.0. The monoisotopic (exact) mass is 193 g/mol. The Labute approximate surface area is 80.3 Å². The van der Waals surface area contributed by atoms with Crippen LogP contribution in [0.15, 0.2) is 18.3 Å². The van der Waals surface area contributed by atoms with Gasteiger partial charge in [-0.05, 0) is 30.7 Å². The number of phenolic OH excluding ortho intramolecular Hbond substituents is 1. The predicted octanol–water partition coefficient (Wildman–Crippen LogP) is 0.480. The highest BCUT2D eigenvalue weighted by Gasteiger charge is 2.06. The summed E-state index contributed by atoms with van der Waals surface area (Å²) in [6.07, 6.45) is 2.13. The lowest BCUT2D eigenvalue weighted by Crippen LogP contribution is -2.02. The van der Waals surface area contributed by atoms with Gasteiger partial charge in [-0.2, -0.15) is 0 Å². The summed E-state index contributed by atoms with van der Waals surface area (Å²) in [4.78, 5) is 0.691. The van der Waals surface area contributed by atoms with Gasteiger partial charge in [0.1, 0.15) is 11.3 Å². The van der Waals surface area contributed by atoms with Gasteiger partial charge in [-0.25, -0.2) is 0 Å². The lowest BCUT2D eigenvalue weighted by molar-refractivity contribution is 0.151. The minimum atomic E-state index is 0.0683. The van der Waals surface area contributed by atoms with Crippen LogP contribution in [0.1, 0.15) is 5.56 Å². The van der Waals surface area contributed by atoms with Crippen LogP contribution in [-0.4, -0.2) is 26.8 Å². The predicted molar refractivity (Wildman–Crippen MR) is 51.3 cm³/mol. The van der Waals surface area contributed by atoms with Gasteiger partial charge in [-0.3, -0.25) is 0 Å². The maximum atomic E-state index is 9.56. The molecule has 0 unspecified atom stereocenters. The zero-order valence-electron chi connectivity index (χ0n) is 7.51. The second-order valence-electron chi connectivity index (χ2n) is 3.14. The Balaban J connectivity index is 2.59. The van der Waals surface area contributed by atoms with Crippen molar-refractivity contribution >= 4 is 10.9 Å². The molecular formula is C9H11N3O2. The number of benzene rings is 1. The first-order valence-electron chi connectivity index (χ1n) is 4.31. The van der Waals surface area contributed by atoms with Crippen molar-refractivity contribution < 1.29 is 10.3 Å². The molecule has 0 fully saturated rings. The van der Waals surface area contributed by atoms with Gasteiger partial charge >= 0.3 is 0 Å². The molecule has 4 N–H and O–H groups in total. The molecule has 74 valence electrons. The zero-order chi connectivity index (χ0) is 10.1. The molecular weight excluding hydrogens is 182 g/mol. The molecule has 1 aromatic heterocycles. The Morgan fingerprint density at radius 2 is 2.21 bits per heavy atom. The molecule has 1 heterocycles. The van der Waals surface area contributed by atoms with Gasteiger partial charge in [0.25, 0.3) is 0 Å². The van der Waals surface area contributed by atoms with E-state index in [1.807, 2.05) is 6.07 Å². The number of aromatic nitrogens is 2. The van der Waals surface area contributed by atoms with Crippen molar-refractivity contribution in [3.63, 3.8) is 0 Å². The third kappa shape index (κ3) is 1.38. The average Bonchev–Trinajstić information content (AvgIpc) is 2.47. The first-order chi connectivity index (χ1) is 6.70. The van der Waals surface area contributed by atoms with Crippen LogP contribution in [0.25, 0.3) is 10.9 Å². The van der Waals surface area contributed by atoms with E-state index in [4.69, 9.17) is 10.9 Å². The van der Waals surface area contributed by atoms with Gasteiger partial charge in [0, 0.05) is 5.39 Å². The van der Waals surface area contributed by atoms with Crippen LogP contribution in [0.2, 0.25) is 0 Å². The number of nitrogens with two attached hydrogens (primary N) is 1. The maximum Gasteiger partial charge on any atom is 0.144 e. The fraction of sp³-hybridized carbons (Fsp3) is 0.222. The summed E-state index contributed by atoms with van der Waals surface area (Å²) in [5.41, 5.74) is 6.74. The molecule has 0 aliphatic carbocycles. The van der Waals surface area contributed by atoms with Crippen molar-refractivity contribution in [3.8, 4) is 5.75 Å². The van der Waals surface area contributed by atoms with E-state index in [1.165, 1.54) is 6.20 Å². The zero-order valence-corrected chi connectivity index (χ0v) is 7.51. The second kappa shape index (κ2) is 3.19. The van der Waals surface area contributed by atoms with Crippen molar-refractivity contribution in [2.75, 3.05) is 6.54 Å². The van der Waals surface area contributed by atoms with E-state index in [0.29, 0.717) is 28.7 Å². The van der Waals surface area contributed by atoms with Crippen LogP contribution < -0.4 is 5.73 Å². The summed E-state index contributed by atoms with van der Waals surface area (Å²) in [6, 6.07) is 3.46. The highest BCUT2D eigenvalue weighted by Crippen LogP contribution is 2.24. The maximum absolute atomic E-state index is 9.56. The molecule has 0 radical (unpaired) electrons. The van der Waals surface area contributed by atoms with Gasteiger partial charge in [0.15, 0.2) is 0 Å². The molecule has 5 nitrogen and oxygen atoms in total. The van der Waals surface area contributed by atoms with E-state index in [1.54, 1.807) is 6.07 Å². The van der Waals surface area contributed by atoms with E-state index in [9.17, 15) is 5.11 Å². The minimum absolute atomic E-state index is 0.0683. The molecule has 5 heteroatoms. The van der Waals surface area contributed by atoms with Crippen molar-refractivity contribution in [3.05, 3.63) is 23.9 Å². The van der Waals surface area contributed by atoms with Crippen LogP contribution in [-0.2, 0) is 6.42 Å². The van der Waals surface area contributed by atoms with E-state index >= 15 is 0 Å². The Bertz CT molecular complexity index is 464. The molecule has 0 saturated heterocycles. The standard InChI is InChI=1S/C9H11N3O2/c10-2-1-6-3-7-5-12(14)11-9(7)8(13)4-6/h3-5,13-14H,1-2,10H2. The van der Waals surface area contributed by atoms with Gasteiger partial charge in [0.2, 0.25) is 0 Å². The summed E-state index contributed by atoms with van der Waals surface area (Å²) >= 11 is 0. The third-order valence-electron chi connectivity index (χ3n) is 2.07. The van der Waals surface area contributed by atoms with Crippen LogP contribution >= 0.6 is 0 Å². The Hall–Kier alpha value is -1.75. The summed E-state index contributed by atoms with van der Waals surface area (Å²) in [6.45, 7) is 0.526. The molecule has 0 saturated carbocycles. The van der Waals surface area contributed by atoms with Crippen LogP contribution in [0.5, 0.6) is 5.75 Å². The molecule has 1 aromatic carbocycles. The molecule has 2 rings (SSSR count). The van der Waals surface area contributed by atoms with Gasteiger partial charge in [-0.15, -0.1) is 9.94 Å². The number of hydrogen-bond acceptors (Lipinski definition) is 4. The number of phenols is 1. The minimum Gasteiger partial charge on any atom is -0.506 e. The van der Waals surface area contributed by atoms with Crippen LogP contribution in [0.4, 0.5) is 0 Å². The third-order valence-corrected chi connectivity index (χ3v) is 2.07. The van der Waals surface area contributed by atoms with Crippen molar-refractivity contribution in [1.82, 2.24) is 9.94 Å². The topological polar surface area (TPSA) is 84.3 Å². The largest absolute Gasteiger partial charge is 0.506 e. The molecule has 0 amide bonds.